The van der Waals surface area contributed by atoms with Crippen molar-refractivity contribution in [3.63, 3.8) is 0 Å². The number of halogens is 2. The number of carboxylic acids is 1. The van der Waals surface area contributed by atoms with Gasteiger partial charge >= 0.3 is 29.6 Å². The van der Waals surface area contributed by atoms with E-state index in [1.165, 1.54) is 6.07 Å². The molecule has 1 aromatic carbocycles. The van der Waals surface area contributed by atoms with E-state index in [1.54, 1.807) is 6.92 Å². The van der Waals surface area contributed by atoms with E-state index >= 15 is 0 Å². The number of hydrogen-bond acceptors (Lipinski definition) is 4. The van der Waals surface area contributed by atoms with Crippen LogP contribution in [0, 0.1) is 11.6 Å². The molecule has 1 fully saturated rings. The van der Waals surface area contributed by atoms with Gasteiger partial charge in [0.05, 0.1) is 18.1 Å². The molecule has 22 heavy (non-hydrogen) atoms. The summed E-state index contributed by atoms with van der Waals surface area (Å²) in [4.78, 5) is 22.6. The first-order valence-corrected chi connectivity index (χ1v) is 6.50. The fourth-order valence-corrected chi connectivity index (χ4v) is 2.24. The number of rotatable bonds is 4. The molecule has 2 rings (SSSR count). The van der Waals surface area contributed by atoms with Gasteiger partial charge in [0.25, 0.3) is 0 Å². The van der Waals surface area contributed by atoms with E-state index in [9.17, 15) is 23.5 Å². The molecule has 1 amide bonds. The normalized spacial score (nSPS) is 21.8. The minimum atomic E-state index is -1.36. The molecule has 3 atom stereocenters. The first-order chi connectivity index (χ1) is 9.88. The van der Waals surface area contributed by atoms with Gasteiger partial charge in [-0.3, -0.25) is 4.79 Å². The predicted molar refractivity (Wildman–Crippen MR) is 65.8 cm³/mol. The Morgan fingerprint density at radius 1 is 1.32 bits per heavy atom. The number of amides is 1. The molecule has 0 bridgehead atoms. The molecule has 0 saturated carbocycles. The molecule has 8 heteroatoms. The quantitative estimate of drug-likeness (QED) is 0.619. The molecule has 1 N–H and O–H groups in total. The smallest absolute Gasteiger partial charge is 0.547 e. The standard InChI is InChI=1S/C14H15F2NO4.Na/c1-7(9-3-2-8(15)6-10(9)16)17-13(18)11-4-5-12(21-11)14(19)20;/h2-3,6-7,11-12H,4-5H2,1H3,(H,17,18)(H,19,20);/q;+1/p-1. The third-order valence-electron chi connectivity index (χ3n) is 3.36. The Balaban J connectivity index is 0.00000242. The van der Waals surface area contributed by atoms with Crippen LogP contribution in [0.2, 0.25) is 0 Å². The van der Waals surface area contributed by atoms with Crippen LogP contribution in [0.3, 0.4) is 0 Å². The van der Waals surface area contributed by atoms with E-state index in [4.69, 9.17) is 4.74 Å². The van der Waals surface area contributed by atoms with Gasteiger partial charge in [-0.2, -0.15) is 0 Å². The van der Waals surface area contributed by atoms with E-state index in [-0.39, 0.29) is 48.0 Å². The van der Waals surface area contributed by atoms with E-state index in [1.807, 2.05) is 0 Å². The van der Waals surface area contributed by atoms with Crippen molar-refractivity contribution in [2.75, 3.05) is 0 Å². The number of aliphatic carboxylic acids is 1. The molecule has 0 aromatic heterocycles. The number of carbonyl (C=O) groups excluding carboxylic acids is 2. The van der Waals surface area contributed by atoms with Crippen LogP contribution in [-0.4, -0.2) is 24.1 Å². The molecule has 0 spiro atoms. The van der Waals surface area contributed by atoms with E-state index < -0.39 is 41.8 Å². The summed E-state index contributed by atoms with van der Waals surface area (Å²) in [5, 5.41) is 13.2. The SMILES string of the molecule is CC(NC(=O)C1CCC(C(=O)[O-])O1)c1ccc(F)cc1F.[Na+]. The fourth-order valence-electron chi connectivity index (χ4n) is 2.24. The molecule has 3 unspecified atom stereocenters. The van der Waals surface area contributed by atoms with Gasteiger partial charge in [-0.15, -0.1) is 0 Å². The second-order valence-corrected chi connectivity index (χ2v) is 4.91. The zero-order chi connectivity index (χ0) is 15.6. The maximum atomic E-state index is 13.6. The zero-order valence-corrected chi connectivity index (χ0v) is 14.3. The molecule has 0 radical (unpaired) electrons. The first kappa shape index (κ1) is 19.0. The Morgan fingerprint density at radius 3 is 2.50 bits per heavy atom. The average molecular weight is 321 g/mol. The van der Waals surface area contributed by atoms with Crippen LogP contribution in [0.4, 0.5) is 8.78 Å². The Bertz CT molecular complexity index is 570. The van der Waals surface area contributed by atoms with Crippen LogP contribution in [0.15, 0.2) is 18.2 Å². The summed E-state index contributed by atoms with van der Waals surface area (Å²) in [6, 6.07) is 2.38. The number of carboxylic acid groups (broad SMARTS) is 1. The molecule has 1 aromatic rings. The number of ether oxygens (including phenoxy) is 1. The van der Waals surface area contributed by atoms with Gasteiger partial charge in [-0.1, -0.05) is 6.07 Å². The first-order valence-electron chi connectivity index (χ1n) is 6.50. The Kier molecular flexibility index (Phi) is 6.93. The van der Waals surface area contributed by atoms with Crippen LogP contribution < -0.4 is 40.0 Å². The van der Waals surface area contributed by atoms with Gasteiger partial charge in [0.15, 0.2) is 0 Å². The molecule has 1 aliphatic heterocycles. The second kappa shape index (κ2) is 8.01. The van der Waals surface area contributed by atoms with Gasteiger partial charge in [-0.05, 0) is 25.8 Å². The third kappa shape index (κ3) is 4.49. The van der Waals surface area contributed by atoms with Crippen LogP contribution in [0.1, 0.15) is 31.4 Å². The Labute approximate surface area is 148 Å². The summed E-state index contributed by atoms with van der Waals surface area (Å²) >= 11 is 0. The largest absolute Gasteiger partial charge is 1.00 e. The van der Waals surface area contributed by atoms with Gasteiger partial charge < -0.3 is 20.0 Å². The van der Waals surface area contributed by atoms with Gasteiger partial charge in [0.2, 0.25) is 5.91 Å². The van der Waals surface area contributed by atoms with E-state index in [2.05, 4.69) is 5.32 Å². The van der Waals surface area contributed by atoms with Crippen molar-refractivity contribution in [1.29, 1.82) is 0 Å². The summed E-state index contributed by atoms with van der Waals surface area (Å²) in [5.41, 5.74) is 0.138. The van der Waals surface area contributed by atoms with Crippen molar-refractivity contribution in [3.8, 4) is 0 Å². The Morgan fingerprint density at radius 2 is 1.95 bits per heavy atom. The van der Waals surface area contributed by atoms with Crippen molar-refractivity contribution < 1.29 is 57.8 Å². The molecular weight excluding hydrogens is 307 g/mol. The Hall–Kier alpha value is -1.02. The van der Waals surface area contributed by atoms with E-state index in [0.717, 1.165) is 12.1 Å². The second-order valence-electron chi connectivity index (χ2n) is 4.91. The molecule has 1 heterocycles. The van der Waals surface area contributed by atoms with Gasteiger partial charge in [0, 0.05) is 11.6 Å². The van der Waals surface area contributed by atoms with Crippen molar-refractivity contribution in [2.24, 2.45) is 0 Å². The fraction of sp³-hybridized carbons (Fsp3) is 0.429. The number of carbonyl (C=O) groups is 2. The number of hydrogen-bond donors (Lipinski definition) is 1. The molecule has 1 saturated heterocycles. The molecule has 0 aliphatic carbocycles. The number of benzene rings is 1. The third-order valence-corrected chi connectivity index (χ3v) is 3.36. The maximum absolute atomic E-state index is 13.6. The number of nitrogens with one attached hydrogen (secondary N) is 1. The summed E-state index contributed by atoms with van der Waals surface area (Å²) in [7, 11) is 0. The molecule has 114 valence electrons. The van der Waals surface area contributed by atoms with Crippen molar-refractivity contribution >= 4 is 11.9 Å². The minimum absolute atomic E-state index is 0. The summed E-state index contributed by atoms with van der Waals surface area (Å²) in [6.45, 7) is 1.54. The average Bonchev–Trinajstić information content (AvgIpc) is 2.88. The van der Waals surface area contributed by atoms with Crippen LogP contribution in [-0.2, 0) is 14.3 Å². The minimum Gasteiger partial charge on any atom is -0.547 e. The van der Waals surface area contributed by atoms with Gasteiger partial charge in [-0.25, -0.2) is 8.78 Å². The predicted octanol–water partition coefficient (Wildman–Crippen LogP) is -2.56. The summed E-state index contributed by atoms with van der Waals surface area (Å²) < 4.78 is 31.5. The van der Waals surface area contributed by atoms with Crippen molar-refractivity contribution in [1.82, 2.24) is 5.32 Å². The van der Waals surface area contributed by atoms with E-state index in [0.29, 0.717) is 0 Å². The van der Waals surface area contributed by atoms with Crippen molar-refractivity contribution in [3.05, 3.63) is 35.4 Å². The van der Waals surface area contributed by atoms with Crippen molar-refractivity contribution in [2.45, 2.75) is 38.0 Å². The topological polar surface area (TPSA) is 78.5 Å². The zero-order valence-electron chi connectivity index (χ0n) is 12.3. The van der Waals surface area contributed by atoms with Crippen LogP contribution in [0.25, 0.3) is 0 Å². The van der Waals surface area contributed by atoms with Crippen LogP contribution >= 0.6 is 0 Å². The monoisotopic (exact) mass is 321 g/mol. The maximum Gasteiger partial charge on any atom is 1.00 e. The molecule has 1 aliphatic rings. The molecule has 5 nitrogen and oxygen atoms in total. The summed E-state index contributed by atoms with van der Waals surface area (Å²) in [6.07, 6.45) is -1.56. The van der Waals surface area contributed by atoms with Crippen LogP contribution in [0.5, 0.6) is 0 Å². The summed E-state index contributed by atoms with van der Waals surface area (Å²) in [5.74, 6) is -3.36. The molecular formula is C14H14F2NNaO4. The van der Waals surface area contributed by atoms with Gasteiger partial charge in [0.1, 0.15) is 17.7 Å².